The molecule has 1 N–H and O–H groups in total. The highest BCUT2D eigenvalue weighted by atomic mass is 79.9. The minimum Gasteiger partial charge on any atom is -0.331 e. The highest BCUT2D eigenvalue weighted by Crippen LogP contribution is 2.36. The molecular formula is C15H21BrN2O3S. The second-order valence-corrected chi connectivity index (χ2v) is 9.39. The molecule has 0 fully saturated rings. The second-order valence-electron chi connectivity index (χ2n) is 6.62. The standard InChI is InChI=1S/C15H21BrN2O3S/c1-9(15(2,3)4)18-8-10-6-11(16)7-12(13(10)14(18)19)22(20,21)17-5/h6-7,9,17H,8H2,1-5H3. The lowest BCUT2D eigenvalue weighted by Gasteiger charge is -2.35. The summed E-state index contributed by atoms with van der Waals surface area (Å²) < 4.78 is 27.4. The van der Waals surface area contributed by atoms with Crippen LogP contribution < -0.4 is 4.72 Å². The Morgan fingerprint density at radius 2 is 1.91 bits per heavy atom. The summed E-state index contributed by atoms with van der Waals surface area (Å²) in [7, 11) is -2.35. The van der Waals surface area contributed by atoms with Gasteiger partial charge in [0, 0.05) is 17.1 Å². The molecule has 0 saturated heterocycles. The van der Waals surface area contributed by atoms with Gasteiger partial charge in [0.25, 0.3) is 5.91 Å². The highest BCUT2D eigenvalue weighted by molar-refractivity contribution is 9.10. The third-order valence-electron chi connectivity index (χ3n) is 4.24. The number of benzene rings is 1. The fourth-order valence-electron chi connectivity index (χ4n) is 2.50. The van der Waals surface area contributed by atoms with Crippen LogP contribution in [-0.4, -0.2) is 32.3 Å². The van der Waals surface area contributed by atoms with Gasteiger partial charge >= 0.3 is 0 Å². The zero-order valence-electron chi connectivity index (χ0n) is 13.4. The monoisotopic (exact) mass is 388 g/mol. The number of hydrogen-bond donors (Lipinski definition) is 1. The first-order valence-electron chi connectivity index (χ1n) is 7.06. The highest BCUT2D eigenvalue weighted by Gasteiger charge is 2.39. The van der Waals surface area contributed by atoms with Gasteiger partial charge in [-0.25, -0.2) is 13.1 Å². The predicted molar refractivity (Wildman–Crippen MR) is 89.2 cm³/mol. The lowest BCUT2D eigenvalue weighted by Crippen LogP contribution is -2.42. The minimum atomic E-state index is -3.69. The lowest BCUT2D eigenvalue weighted by molar-refractivity contribution is 0.0577. The zero-order chi connectivity index (χ0) is 16.9. The van der Waals surface area contributed by atoms with E-state index in [0.717, 1.165) is 5.56 Å². The molecule has 1 atom stereocenters. The van der Waals surface area contributed by atoms with Gasteiger partial charge < -0.3 is 4.90 Å². The number of fused-ring (bicyclic) bond motifs is 1. The number of sulfonamides is 1. The van der Waals surface area contributed by atoms with Crippen molar-refractivity contribution in [1.82, 2.24) is 9.62 Å². The zero-order valence-corrected chi connectivity index (χ0v) is 15.8. The van der Waals surface area contributed by atoms with Crippen LogP contribution in [0.1, 0.15) is 43.6 Å². The molecule has 122 valence electrons. The van der Waals surface area contributed by atoms with E-state index < -0.39 is 10.0 Å². The Hall–Kier alpha value is -0.920. The SMILES string of the molecule is CNS(=O)(=O)c1cc(Br)cc2c1C(=O)N(C(C)C(C)(C)C)C2. The Kier molecular flexibility index (Phi) is 4.45. The van der Waals surface area contributed by atoms with Crippen LogP contribution >= 0.6 is 15.9 Å². The van der Waals surface area contributed by atoms with E-state index in [1.165, 1.54) is 13.1 Å². The molecule has 1 aromatic rings. The molecule has 1 aliphatic rings. The molecule has 0 aliphatic carbocycles. The van der Waals surface area contributed by atoms with Crippen LogP contribution in [0.2, 0.25) is 0 Å². The summed E-state index contributed by atoms with van der Waals surface area (Å²) in [4.78, 5) is 14.6. The molecule has 1 aliphatic heterocycles. The van der Waals surface area contributed by atoms with Crippen molar-refractivity contribution in [2.24, 2.45) is 5.41 Å². The number of rotatable bonds is 3. The Labute approximate surface area is 140 Å². The maximum atomic E-state index is 12.8. The van der Waals surface area contributed by atoms with E-state index in [2.05, 4.69) is 41.4 Å². The number of nitrogens with one attached hydrogen (secondary N) is 1. The third kappa shape index (κ3) is 2.94. The van der Waals surface area contributed by atoms with Crippen molar-refractivity contribution in [3.05, 3.63) is 27.7 Å². The number of amides is 1. The van der Waals surface area contributed by atoms with Crippen molar-refractivity contribution < 1.29 is 13.2 Å². The van der Waals surface area contributed by atoms with Crippen LogP contribution in [0.4, 0.5) is 0 Å². The molecule has 1 amide bonds. The van der Waals surface area contributed by atoms with Crippen LogP contribution in [0, 0.1) is 5.41 Å². The fraction of sp³-hybridized carbons (Fsp3) is 0.533. The van der Waals surface area contributed by atoms with Crippen molar-refractivity contribution in [3.8, 4) is 0 Å². The third-order valence-corrected chi connectivity index (χ3v) is 6.14. The lowest BCUT2D eigenvalue weighted by atomic mass is 9.87. The van der Waals surface area contributed by atoms with E-state index in [0.29, 0.717) is 11.0 Å². The number of halogens is 1. The molecule has 1 unspecified atom stereocenters. The average Bonchev–Trinajstić information content (AvgIpc) is 2.72. The molecule has 1 heterocycles. The van der Waals surface area contributed by atoms with Gasteiger partial charge in [0.2, 0.25) is 10.0 Å². The Bertz CT molecular complexity index is 723. The summed E-state index contributed by atoms with van der Waals surface area (Å²) in [6.45, 7) is 8.61. The summed E-state index contributed by atoms with van der Waals surface area (Å²) in [6, 6.07) is 3.29. The molecule has 0 radical (unpaired) electrons. The molecule has 22 heavy (non-hydrogen) atoms. The van der Waals surface area contributed by atoms with E-state index >= 15 is 0 Å². The molecule has 0 bridgehead atoms. The van der Waals surface area contributed by atoms with Gasteiger partial charge in [0.15, 0.2) is 0 Å². The van der Waals surface area contributed by atoms with Crippen molar-refractivity contribution >= 4 is 31.9 Å². The normalized spacial score (nSPS) is 16.8. The molecule has 7 heteroatoms. The molecule has 2 rings (SSSR count). The van der Waals surface area contributed by atoms with Crippen molar-refractivity contribution in [2.75, 3.05) is 7.05 Å². The predicted octanol–water partition coefficient (Wildman–Crippen LogP) is 2.75. The van der Waals surface area contributed by atoms with Crippen LogP contribution in [0.15, 0.2) is 21.5 Å². The van der Waals surface area contributed by atoms with Crippen molar-refractivity contribution in [2.45, 2.75) is 45.2 Å². The molecule has 1 aromatic carbocycles. The molecular weight excluding hydrogens is 368 g/mol. The van der Waals surface area contributed by atoms with Crippen LogP contribution in [0.5, 0.6) is 0 Å². The maximum absolute atomic E-state index is 12.8. The Morgan fingerprint density at radius 1 is 1.32 bits per heavy atom. The summed E-state index contributed by atoms with van der Waals surface area (Å²) in [5.74, 6) is -0.223. The Morgan fingerprint density at radius 3 is 2.41 bits per heavy atom. The van der Waals surface area contributed by atoms with E-state index in [-0.39, 0.29) is 27.8 Å². The molecule has 0 saturated carbocycles. The fourth-order valence-corrected chi connectivity index (χ4v) is 4.15. The molecule has 0 aromatic heterocycles. The quantitative estimate of drug-likeness (QED) is 0.865. The first-order chi connectivity index (χ1) is 9.99. The van der Waals surface area contributed by atoms with Crippen molar-refractivity contribution in [1.29, 1.82) is 0 Å². The van der Waals surface area contributed by atoms with Gasteiger partial charge in [-0.05, 0) is 37.1 Å². The van der Waals surface area contributed by atoms with E-state index in [9.17, 15) is 13.2 Å². The second kappa shape index (κ2) is 5.62. The Balaban J connectivity index is 2.58. The average molecular weight is 389 g/mol. The van der Waals surface area contributed by atoms with Crippen LogP contribution in [-0.2, 0) is 16.6 Å². The minimum absolute atomic E-state index is 0.00341. The maximum Gasteiger partial charge on any atom is 0.256 e. The van der Waals surface area contributed by atoms with E-state index in [4.69, 9.17) is 0 Å². The van der Waals surface area contributed by atoms with Gasteiger partial charge in [-0.3, -0.25) is 4.79 Å². The summed E-state index contributed by atoms with van der Waals surface area (Å²) in [6.07, 6.45) is 0. The molecule has 0 spiro atoms. The van der Waals surface area contributed by atoms with Crippen molar-refractivity contribution in [3.63, 3.8) is 0 Å². The van der Waals surface area contributed by atoms with Gasteiger partial charge in [-0.1, -0.05) is 36.7 Å². The first kappa shape index (κ1) is 17.4. The van der Waals surface area contributed by atoms with Gasteiger partial charge in [-0.15, -0.1) is 0 Å². The van der Waals surface area contributed by atoms with E-state index in [1.54, 1.807) is 4.90 Å². The first-order valence-corrected chi connectivity index (χ1v) is 9.33. The number of carbonyl (C=O) groups excluding carboxylic acids is 1. The number of nitrogens with zero attached hydrogens (tertiary/aromatic N) is 1. The molecule has 5 nitrogen and oxygen atoms in total. The van der Waals surface area contributed by atoms with Crippen LogP contribution in [0.3, 0.4) is 0 Å². The van der Waals surface area contributed by atoms with Crippen LogP contribution in [0.25, 0.3) is 0 Å². The number of hydrogen-bond acceptors (Lipinski definition) is 3. The largest absolute Gasteiger partial charge is 0.331 e. The smallest absolute Gasteiger partial charge is 0.256 e. The van der Waals surface area contributed by atoms with Gasteiger partial charge in [-0.2, -0.15) is 0 Å². The van der Waals surface area contributed by atoms with Gasteiger partial charge in [0.1, 0.15) is 0 Å². The number of carbonyl (C=O) groups is 1. The topological polar surface area (TPSA) is 66.5 Å². The summed E-state index contributed by atoms with van der Waals surface area (Å²) in [5, 5.41) is 0. The van der Waals surface area contributed by atoms with E-state index in [1.807, 2.05) is 13.0 Å². The summed E-state index contributed by atoms with van der Waals surface area (Å²) >= 11 is 3.33. The summed E-state index contributed by atoms with van der Waals surface area (Å²) in [5.41, 5.74) is 0.940. The van der Waals surface area contributed by atoms with Gasteiger partial charge in [0.05, 0.1) is 10.5 Å².